The average molecular weight is 395 g/mol. The topological polar surface area (TPSA) is 84.9 Å². The van der Waals surface area contributed by atoms with Gasteiger partial charge in [-0.15, -0.1) is 0 Å². The largest absolute Gasteiger partial charge is 0.444 e. The fourth-order valence-electron chi connectivity index (χ4n) is 1.50. The highest BCUT2D eigenvalue weighted by molar-refractivity contribution is 5.89. The van der Waals surface area contributed by atoms with E-state index in [1.54, 1.807) is 0 Å². The van der Waals surface area contributed by atoms with Crippen LogP contribution in [0.4, 0.5) is 31.1 Å². The number of esters is 1. The molecule has 0 aromatic carbocycles. The highest BCUT2D eigenvalue weighted by Crippen LogP contribution is 2.36. The molecule has 0 spiro atoms. The summed E-state index contributed by atoms with van der Waals surface area (Å²) in [7, 11) is 0. The molecule has 2 atom stereocenters. The van der Waals surface area contributed by atoms with Gasteiger partial charge in [0, 0.05) is 0 Å². The molecule has 152 valence electrons. The molecule has 0 aromatic heterocycles. The molecule has 0 aliphatic carbocycles. The lowest BCUT2D eigenvalue weighted by Crippen LogP contribution is -2.48. The number of nitrogens with one attached hydrogen (secondary N) is 1. The zero-order valence-electron chi connectivity index (χ0n) is 14.3. The van der Waals surface area contributed by atoms with Crippen LogP contribution in [-0.2, 0) is 14.3 Å². The fourth-order valence-corrected chi connectivity index (χ4v) is 1.50. The maximum absolute atomic E-state index is 12.4. The lowest BCUT2D eigenvalue weighted by atomic mass is 10.1. The molecule has 2 N–H and O–H groups in total. The van der Waals surface area contributed by atoms with Gasteiger partial charge in [-0.1, -0.05) is 6.58 Å². The Labute approximate surface area is 145 Å². The molecule has 0 aliphatic heterocycles. The van der Waals surface area contributed by atoms with Gasteiger partial charge in [-0.25, -0.2) is 9.59 Å². The van der Waals surface area contributed by atoms with E-state index in [1.807, 2.05) is 0 Å². The van der Waals surface area contributed by atoms with Crippen molar-refractivity contribution in [3.05, 3.63) is 12.2 Å². The number of ether oxygens (including phenoxy) is 2. The Morgan fingerprint density at radius 1 is 1.04 bits per heavy atom. The summed E-state index contributed by atoms with van der Waals surface area (Å²) in [6, 6.07) is -1.32. The Kier molecular flexibility index (Phi) is 7.52. The molecule has 26 heavy (non-hydrogen) atoms. The van der Waals surface area contributed by atoms with Crippen molar-refractivity contribution in [3.63, 3.8) is 0 Å². The second-order valence-corrected chi connectivity index (χ2v) is 6.27. The van der Waals surface area contributed by atoms with Gasteiger partial charge >= 0.3 is 24.4 Å². The lowest BCUT2D eigenvalue weighted by molar-refractivity contribution is -0.312. The van der Waals surface area contributed by atoms with E-state index in [2.05, 4.69) is 16.6 Å². The highest BCUT2D eigenvalue weighted by Gasteiger charge is 2.60. The molecule has 0 rings (SSSR count). The van der Waals surface area contributed by atoms with Gasteiger partial charge in [0.15, 0.2) is 0 Å². The first-order valence-electron chi connectivity index (χ1n) is 7.07. The Morgan fingerprint density at radius 2 is 1.46 bits per heavy atom. The smallest absolute Gasteiger partial charge is 0.434 e. The van der Waals surface area contributed by atoms with Crippen LogP contribution in [0.2, 0.25) is 0 Å². The van der Waals surface area contributed by atoms with Gasteiger partial charge in [0.2, 0.25) is 0 Å². The predicted molar refractivity (Wildman–Crippen MR) is 76.0 cm³/mol. The van der Waals surface area contributed by atoms with Crippen molar-refractivity contribution in [1.29, 1.82) is 0 Å². The minimum atomic E-state index is -5.90. The number of carbonyl (C=O) groups is 2. The minimum absolute atomic E-state index is 0.905. The number of rotatable bonds is 5. The molecule has 6 nitrogen and oxygen atoms in total. The van der Waals surface area contributed by atoms with Gasteiger partial charge < -0.3 is 19.9 Å². The molecule has 0 unspecified atom stereocenters. The van der Waals surface area contributed by atoms with Crippen molar-refractivity contribution in [2.24, 2.45) is 0 Å². The van der Waals surface area contributed by atoms with Crippen molar-refractivity contribution in [1.82, 2.24) is 5.32 Å². The molecule has 0 saturated heterocycles. The summed E-state index contributed by atoms with van der Waals surface area (Å²) in [5, 5.41) is 11.9. The summed E-state index contributed by atoms with van der Waals surface area (Å²) in [4.78, 5) is 23.0. The van der Waals surface area contributed by atoms with Gasteiger partial charge in [-0.2, -0.15) is 26.3 Å². The van der Waals surface area contributed by atoms with Gasteiger partial charge in [0.25, 0.3) is 6.10 Å². The number of aliphatic hydroxyl groups excluding tert-OH is 1. The van der Waals surface area contributed by atoms with Crippen LogP contribution in [0.1, 0.15) is 27.7 Å². The lowest BCUT2D eigenvalue weighted by Gasteiger charge is -2.26. The summed E-state index contributed by atoms with van der Waals surface area (Å²) in [6.07, 6.45) is -19.2. The quantitative estimate of drug-likeness (QED) is 0.425. The summed E-state index contributed by atoms with van der Waals surface area (Å²) in [6.45, 7) is 8.62. The number of aliphatic hydroxyl groups is 1. The molecular formula is C14H19F6NO5. The summed E-state index contributed by atoms with van der Waals surface area (Å²) in [5.41, 5.74) is -2.01. The van der Waals surface area contributed by atoms with E-state index in [1.165, 1.54) is 20.8 Å². The second kappa shape index (κ2) is 8.14. The van der Waals surface area contributed by atoms with Crippen LogP contribution in [0.15, 0.2) is 12.2 Å². The van der Waals surface area contributed by atoms with Crippen LogP contribution in [0.5, 0.6) is 0 Å². The van der Waals surface area contributed by atoms with Gasteiger partial charge in [-0.3, -0.25) is 0 Å². The Bertz CT molecular complexity index is 523. The van der Waals surface area contributed by atoms with E-state index >= 15 is 0 Å². The van der Waals surface area contributed by atoms with Crippen LogP contribution >= 0.6 is 0 Å². The van der Waals surface area contributed by atoms with E-state index < -0.39 is 53.8 Å². The predicted octanol–water partition coefficient (Wildman–Crippen LogP) is 2.85. The zero-order chi connectivity index (χ0) is 21.1. The Balaban J connectivity index is 5.00. The molecule has 0 aliphatic rings. The number of amides is 1. The Morgan fingerprint density at radius 3 is 1.81 bits per heavy atom. The molecule has 12 heteroatoms. The Hall–Kier alpha value is -1.98. The van der Waals surface area contributed by atoms with Crippen LogP contribution in [0.3, 0.4) is 0 Å². The molecule has 0 aromatic rings. The van der Waals surface area contributed by atoms with Gasteiger partial charge in [0.1, 0.15) is 11.7 Å². The summed E-state index contributed by atoms with van der Waals surface area (Å²) >= 11 is 0. The molecule has 0 bridgehead atoms. The number of carbonyl (C=O) groups excluding carboxylic acids is 2. The monoisotopic (exact) mass is 395 g/mol. The first-order chi connectivity index (χ1) is 11.4. The number of alkyl halides is 6. The first kappa shape index (κ1) is 24.0. The van der Waals surface area contributed by atoms with Crippen LogP contribution in [-0.4, -0.2) is 53.4 Å². The second-order valence-electron chi connectivity index (χ2n) is 6.27. The third-order valence-corrected chi connectivity index (χ3v) is 2.66. The van der Waals surface area contributed by atoms with Gasteiger partial charge in [-0.05, 0) is 27.7 Å². The number of hydrogen-bond donors (Lipinski definition) is 2. The maximum Gasteiger partial charge on any atom is 0.434 e. The van der Waals surface area contributed by atoms with E-state index in [9.17, 15) is 41.0 Å². The highest BCUT2D eigenvalue weighted by atomic mass is 19.4. The van der Waals surface area contributed by atoms with Crippen molar-refractivity contribution < 1.29 is 50.5 Å². The van der Waals surface area contributed by atoms with Crippen LogP contribution < -0.4 is 5.32 Å². The van der Waals surface area contributed by atoms with Crippen LogP contribution in [0, 0.1) is 0 Å². The van der Waals surface area contributed by atoms with Crippen molar-refractivity contribution in [2.75, 3.05) is 0 Å². The SMILES string of the molecule is C=C(C(=O)OC(C(F)(F)F)C(F)(F)F)[C@@H](O)[C@H](C)NC(=O)OC(C)(C)C. The van der Waals surface area contributed by atoms with Gasteiger partial charge in [0.05, 0.1) is 11.6 Å². The molecule has 0 radical (unpaired) electrons. The average Bonchev–Trinajstić information content (AvgIpc) is 2.37. The van der Waals surface area contributed by atoms with Crippen LogP contribution in [0.25, 0.3) is 0 Å². The van der Waals surface area contributed by atoms with Crippen molar-refractivity contribution in [3.8, 4) is 0 Å². The number of halogens is 6. The summed E-state index contributed by atoms with van der Waals surface area (Å²) < 4.78 is 82.5. The molecule has 0 heterocycles. The third-order valence-electron chi connectivity index (χ3n) is 2.66. The fraction of sp³-hybridized carbons (Fsp3) is 0.714. The molecular weight excluding hydrogens is 376 g/mol. The zero-order valence-corrected chi connectivity index (χ0v) is 14.3. The number of hydrogen-bond acceptors (Lipinski definition) is 5. The third kappa shape index (κ3) is 7.93. The van der Waals surface area contributed by atoms with Crippen molar-refractivity contribution in [2.45, 2.75) is 63.9 Å². The van der Waals surface area contributed by atoms with Crippen molar-refractivity contribution >= 4 is 12.1 Å². The molecule has 0 fully saturated rings. The first-order valence-corrected chi connectivity index (χ1v) is 7.07. The molecule has 0 saturated carbocycles. The maximum atomic E-state index is 12.4. The molecule has 1 amide bonds. The number of alkyl carbamates (subject to hydrolysis) is 1. The van der Waals surface area contributed by atoms with E-state index in [4.69, 9.17) is 4.74 Å². The standard InChI is InChI=1S/C14H19F6NO5/c1-6(8(22)7(2)21-11(24)26-12(3,4)5)9(23)25-10(13(15,16)17)14(18,19)20/h7-8,10,22H,1H2,2-5H3,(H,21,24)/t7-,8+/m0/s1. The minimum Gasteiger partial charge on any atom is -0.444 e. The van der Waals surface area contributed by atoms with E-state index in [-0.39, 0.29) is 0 Å². The summed E-state index contributed by atoms with van der Waals surface area (Å²) in [5.74, 6) is -2.12. The van der Waals surface area contributed by atoms with E-state index in [0.717, 1.165) is 6.92 Å². The van der Waals surface area contributed by atoms with E-state index in [0.29, 0.717) is 0 Å². The normalized spacial score (nSPS) is 15.2.